The average molecular weight is 491 g/mol. The number of aliphatic carboxylic acids is 1. The van der Waals surface area contributed by atoms with Crippen molar-refractivity contribution >= 4 is 17.7 Å². The van der Waals surface area contributed by atoms with Crippen LogP contribution in [0, 0.1) is 0 Å². The number of aryl methyl sites for hydroxylation is 1. The van der Waals surface area contributed by atoms with Gasteiger partial charge in [-0.1, -0.05) is 60.7 Å². The number of para-hydroxylation sites is 1. The Bertz CT molecular complexity index is 1060. The minimum atomic E-state index is -0.974. The van der Waals surface area contributed by atoms with Crippen molar-refractivity contribution in [1.82, 2.24) is 4.90 Å². The molecule has 0 radical (unpaired) electrons. The highest BCUT2D eigenvalue weighted by atomic mass is 16.5. The van der Waals surface area contributed by atoms with Crippen molar-refractivity contribution in [2.45, 2.75) is 32.3 Å². The van der Waals surface area contributed by atoms with Gasteiger partial charge in [-0.3, -0.25) is 0 Å². The minimum absolute atomic E-state index is 0.163. The molecule has 7 heteroatoms. The van der Waals surface area contributed by atoms with Crippen molar-refractivity contribution in [3.63, 3.8) is 0 Å². The number of benzene rings is 3. The van der Waals surface area contributed by atoms with Crippen molar-refractivity contribution in [3.8, 4) is 5.75 Å². The Morgan fingerprint density at radius 3 is 2.19 bits per heavy atom. The Morgan fingerprint density at radius 1 is 0.889 bits per heavy atom. The normalized spacial score (nSPS) is 11.5. The second-order valence-corrected chi connectivity index (χ2v) is 8.35. The molecule has 0 aliphatic heterocycles. The maximum Gasteiger partial charge on any atom is 0.333 e. The highest BCUT2D eigenvalue weighted by Crippen LogP contribution is 2.15. The maximum atomic E-state index is 13.0. The predicted molar refractivity (Wildman–Crippen MR) is 140 cm³/mol. The van der Waals surface area contributed by atoms with Crippen LogP contribution in [0.1, 0.15) is 24.5 Å². The van der Waals surface area contributed by atoms with Gasteiger partial charge in [0.15, 0.2) is 6.10 Å². The number of carbonyl (C=O) groups excluding carboxylic acids is 1. The topological polar surface area (TPSA) is 88.1 Å². The van der Waals surface area contributed by atoms with E-state index in [1.165, 1.54) is 5.56 Å². The zero-order chi connectivity index (χ0) is 25.6. The number of carbonyl (C=O) groups is 2. The molecule has 2 amide bonds. The highest BCUT2D eigenvalue weighted by Gasteiger charge is 2.18. The summed E-state index contributed by atoms with van der Waals surface area (Å²) in [6, 6.07) is 26.7. The third-order valence-electron chi connectivity index (χ3n) is 5.67. The lowest BCUT2D eigenvalue weighted by atomic mass is 10.1. The molecule has 0 bridgehead atoms. The van der Waals surface area contributed by atoms with E-state index in [4.69, 9.17) is 9.47 Å². The Labute approximate surface area is 212 Å². The maximum absolute atomic E-state index is 13.0. The molecular weight excluding hydrogens is 456 g/mol. The van der Waals surface area contributed by atoms with Crippen LogP contribution in [0.25, 0.3) is 0 Å². The quantitative estimate of drug-likeness (QED) is 0.322. The fourth-order valence-electron chi connectivity index (χ4n) is 3.79. The van der Waals surface area contributed by atoms with E-state index in [2.05, 4.69) is 17.4 Å². The highest BCUT2D eigenvalue weighted by molar-refractivity contribution is 5.89. The summed E-state index contributed by atoms with van der Waals surface area (Å²) in [4.78, 5) is 26.0. The molecule has 0 heterocycles. The summed E-state index contributed by atoms with van der Waals surface area (Å²) in [5.41, 5.74) is 2.85. The van der Waals surface area contributed by atoms with Gasteiger partial charge >= 0.3 is 12.0 Å². The number of anilines is 1. The number of carboxylic acids is 1. The van der Waals surface area contributed by atoms with E-state index in [-0.39, 0.29) is 12.5 Å². The molecule has 3 aromatic carbocycles. The van der Waals surface area contributed by atoms with Crippen LogP contribution in [-0.4, -0.2) is 54.4 Å². The number of nitrogens with one attached hydrogen (secondary N) is 1. The Morgan fingerprint density at radius 2 is 1.56 bits per heavy atom. The van der Waals surface area contributed by atoms with Crippen molar-refractivity contribution in [2.24, 2.45) is 0 Å². The van der Waals surface area contributed by atoms with Gasteiger partial charge in [-0.2, -0.15) is 0 Å². The molecule has 1 unspecified atom stereocenters. The van der Waals surface area contributed by atoms with Gasteiger partial charge in [-0.15, -0.1) is 0 Å². The fourth-order valence-corrected chi connectivity index (χ4v) is 3.79. The van der Waals surface area contributed by atoms with E-state index < -0.39 is 12.1 Å². The summed E-state index contributed by atoms with van der Waals surface area (Å²) < 4.78 is 11.2. The Kier molecular flexibility index (Phi) is 10.8. The van der Waals surface area contributed by atoms with Crippen LogP contribution < -0.4 is 10.1 Å². The molecule has 1 atom stereocenters. The molecule has 0 spiro atoms. The van der Waals surface area contributed by atoms with E-state index in [0.717, 1.165) is 24.1 Å². The molecule has 3 rings (SSSR count). The SMILES string of the molecule is CCOC(Cc1ccc(OCCN(CCCc2ccccc2)C(=O)Nc2ccccc2)cc1)C(=O)O. The summed E-state index contributed by atoms with van der Waals surface area (Å²) in [6.45, 7) is 3.49. The standard InChI is InChI=1S/C29H34N2O5/c1-2-35-27(28(32)33)22-24-15-17-26(18-16-24)36-21-20-31(19-9-12-23-10-5-3-6-11-23)29(34)30-25-13-7-4-8-14-25/h3-8,10-11,13-18,27H,2,9,12,19-22H2,1H3,(H,30,34)(H,32,33). The first-order valence-electron chi connectivity index (χ1n) is 12.3. The largest absolute Gasteiger partial charge is 0.492 e. The van der Waals surface area contributed by atoms with Crippen LogP contribution in [-0.2, 0) is 22.4 Å². The van der Waals surface area contributed by atoms with E-state index in [9.17, 15) is 14.7 Å². The van der Waals surface area contributed by atoms with Crippen molar-refractivity contribution in [3.05, 3.63) is 96.1 Å². The number of carboxylic acid groups (broad SMARTS) is 1. The average Bonchev–Trinajstić information content (AvgIpc) is 2.89. The van der Waals surface area contributed by atoms with Gasteiger partial charge in [-0.25, -0.2) is 9.59 Å². The van der Waals surface area contributed by atoms with Gasteiger partial charge < -0.3 is 24.8 Å². The third-order valence-corrected chi connectivity index (χ3v) is 5.67. The van der Waals surface area contributed by atoms with E-state index in [1.54, 1.807) is 11.8 Å². The van der Waals surface area contributed by atoms with E-state index in [1.807, 2.05) is 72.8 Å². The Balaban J connectivity index is 1.53. The van der Waals surface area contributed by atoms with Gasteiger partial charge in [0.2, 0.25) is 0 Å². The second kappa shape index (κ2) is 14.5. The molecule has 190 valence electrons. The second-order valence-electron chi connectivity index (χ2n) is 8.35. The molecular formula is C29H34N2O5. The molecule has 2 N–H and O–H groups in total. The number of hydrogen-bond acceptors (Lipinski definition) is 4. The van der Waals surface area contributed by atoms with Gasteiger partial charge in [0.25, 0.3) is 0 Å². The molecule has 0 aromatic heterocycles. The summed E-state index contributed by atoms with van der Waals surface area (Å²) in [6.07, 6.45) is 1.15. The lowest BCUT2D eigenvalue weighted by Gasteiger charge is -2.23. The van der Waals surface area contributed by atoms with Gasteiger partial charge in [0, 0.05) is 25.3 Å². The van der Waals surface area contributed by atoms with Crippen LogP contribution in [0.15, 0.2) is 84.9 Å². The third kappa shape index (κ3) is 9.07. The van der Waals surface area contributed by atoms with Gasteiger partial charge in [-0.05, 0) is 55.2 Å². The first-order chi connectivity index (χ1) is 17.5. The number of urea groups is 1. The summed E-state index contributed by atoms with van der Waals surface area (Å²) in [5.74, 6) is -0.312. The number of nitrogens with zero attached hydrogens (tertiary/aromatic N) is 1. The molecule has 0 aliphatic carbocycles. The van der Waals surface area contributed by atoms with Crippen LogP contribution in [0.3, 0.4) is 0 Å². The number of ether oxygens (including phenoxy) is 2. The lowest BCUT2D eigenvalue weighted by Crippen LogP contribution is -2.38. The molecule has 0 saturated heterocycles. The minimum Gasteiger partial charge on any atom is -0.492 e. The molecule has 7 nitrogen and oxygen atoms in total. The van der Waals surface area contributed by atoms with Crippen molar-refractivity contribution < 1.29 is 24.2 Å². The number of rotatable bonds is 14. The number of hydrogen-bond donors (Lipinski definition) is 2. The number of amides is 2. The predicted octanol–water partition coefficient (Wildman–Crippen LogP) is 5.26. The lowest BCUT2D eigenvalue weighted by molar-refractivity contribution is -0.149. The van der Waals surface area contributed by atoms with Gasteiger partial charge in [0.1, 0.15) is 12.4 Å². The zero-order valence-electron chi connectivity index (χ0n) is 20.6. The molecule has 3 aromatic rings. The van der Waals surface area contributed by atoms with Gasteiger partial charge in [0.05, 0.1) is 6.54 Å². The summed E-state index contributed by atoms with van der Waals surface area (Å²) in [7, 11) is 0. The molecule has 36 heavy (non-hydrogen) atoms. The van der Waals surface area contributed by atoms with Crippen molar-refractivity contribution in [2.75, 3.05) is 31.6 Å². The summed E-state index contributed by atoms with van der Waals surface area (Å²) >= 11 is 0. The Hall–Kier alpha value is -3.84. The molecule has 0 aliphatic rings. The van der Waals surface area contributed by atoms with Crippen LogP contribution >= 0.6 is 0 Å². The first kappa shape index (κ1) is 26.8. The molecule has 0 saturated carbocycles. The summed E-state index contributed by atoms with van der Waals surface area (Å²) in [5, 5.41) is 12.2. The fraction of sp³-hybridized carbons (Fsp3) is 0.310. The van der Waals surface area contributed by atoms with Crippen LogP contribution in [0.5, 0.6) is 5.75 Å². The molecule has 0 fully saturated rings. The van der Waals surface area contributed by atoms with E-state index in [0.29, 0.717) is 32.1 Å². The van der Waals surface area contributed by atoms with Crippen LogP contribution in [0.4, 0.5) is 10.5 Å². The van der Waals surface area contributed by atoms with Crippen molar-refractivity contribution in [1.29, 1.82) is 0 Å². The zero-order valence-corrected chi connectivity index (χ0v) is 20.6. The monoisotopic (exact) mass is 490 g/mol. The smallest absolute Gasteiger partial charge is 0.333 e. The van der Waals surface area contributed by atoms with Crippen LogP contribution in [0.2, 0.25) is 0 Å². The first-order valence-corrected chi connectivity index (χ1v) is 12.3. The van der Waals surface area contributed by atoms with E-state index >= 15 is 0 Å².